The van der Waals surface area contributed by atoms with Crippen LogP contribution in [-0.4, -0.2) is 61.7 Å². The van der Waals surface area contributed by atoms with Crippen LogP contribution in [0.1, 0.15) is 31.1 Å². The fraction of sp³-hybridized carbons (Fsp3) is 0.435. The van der Waals surface area contributed by atoms with Gasteiger partial charge in [-0.25, -0.2) is 8.42 Å². The molecule has 172 valence electrons. The second-order valence-corrected chi connectivity index (χ2v) is 11.7. The Morgan fingerprint density at radius 1 is 1.22 bits per heavy atom. The van der Waals surface area contributed by atoms with Gasteiger partial charge >= 0.3 is 0 Å². The zero-order valence-electron chi connectivity index (χ0n) is 18.4. The Bertz CT molecular complexity index is 1160. The molecule has 2 aliphatic heterocycles. The second-order valence-electron chi connectivity index (χ2n) is 8.79. The van der Waals surface area contributed by atoms with E-state index in [4.69, 9.17) is 27.9 Å². The quantitative estimate of drug-likeness (QED) is 0.625. The number of carbonyl (C=O) groups excluding carboxylic acids is 1. The Morgan fingerprint density at radius 3 is 2.59 bits per heavy atom. The van der Waals surface area contributed by atoms with E-state index in [-0.39, 0.29) is 40.5 Å². The molecule has 2 heterocycles. The van der Waals surface area contributed by atoms with E-state index in [0.29, 0.717) is 28.9 Å². The first-order valence-electron chi connectivity index (χ1n) is 10.5. The number of benzene rings is 1. The number of rotatable bonds is 4. The lowest BCUT2D eigenvalue weighted by Gasteiger charge is -2.44. The number of hydrogen-bond donors (Lipinski definition) is 0. The van der Waals surface area contributed by atoms with E-state index in [1.165, 1.54) is 12.1 Å². The minimum Gasteiger partial charge on any atom is -0.490 e. The highest BCUT2D eigenvalue weighted by Crippen LogP contribution is 2.42. The molecule has 1 aromatic rings. The molecule has 3 atom stereocenters. The van der Waals surface area contributed by atoms with E-state index in [1.54, 1.807) is 17.0 Å². The van der Waals surface area contributed by atoms with Gasteiger partial charge in [0.1, 0.15) is 5.75 Å². The normalized spacial score (nSPS) is 25.1. The number of halogens is 2. The van der Waals surface area contributed by atoms with Crippen molar-refractivity contribution in [1.82, 2.24) is 9.80 Å². The number of sulfone groups is 1. The molecule has 3 aliphatic rings. The number of amides is 1. The number of piperazine rings is 1. The van der Waals surface area contributed by atoms with Gasteiger partial charge in [0.25, 0.3) is 5.91 Å². The molecule has 6 nitrogen and oxygen atoms in total. The van der Waals surface area contributed by atoms with Crippen LogP contribution in [0.5, 0.6) is 5.75 Å². The van der Waals surface area contributed by atoms with Crippen LogP contribution in [0.15, 0.2) is 57.1 Å². The number of ether oxygens (including phenoxy) is 1. The van der Waals surface area contributed by atoms with Crippen LogP contribution in [0.25, 0.3) is 0 Å². The molecule has 4 rings (SSSR count). The SMILES string of the molecule is CC(C)Oc1ccc(S(C)(=O)=O)cc1C(=O)N1CC2=CC3C(Cl)=CC(Cl)=CC3N2[C@H](C)C1. The van der Waals surface area contributed by atoms with Crippen LogP contribution >= 0.6 is 23.2 Å². The summed E-state index contributed by atoms with van der Waals surface area (Å²) in [5.74, 6) is 0.131. The summed E-state index contributed by atoms with van der Waals surface area (Å²) in [6, 6.07) is 4.51. The molecular formula is C23H26Cl2N2O4S. The summed E-state index contributed by atoms with van der Waals surface area (Å²) < 4.78 is 30.0. The van der Waals surface area contributed by atoms with E-state index >= 15 is 0 Å². The summed E-state index contributed by atoms with van der Waals surface area (Å²) in [6.07, 6.45) is 6.82. The van der Waals surface area contributed by atoms with Gasteiger partial charge in [-0.15, -0.1) is 0 Å². The number of nitrogens with zero attached hydrogens (tertiary/aromatic N) is 2. The summed E-state index contributed by atoms with van der Waals surface area (Å²) in [7, 11) is -3.47. The highest BCUT2D eigenvalue weighted by molar-refractivity contribution is 7.90. The van der Waals surface area contributed by atoms with E-state index < -0.39 is 9.84 Å². The van der Waals surface area contributed by atoms with Crippen molar-refractivity contribution in [2.45, 2.75) is 43.9 Å². The highest BCUT2D eigenvalue weighted by atomic mass is 35.5. The molecule has 0 radical (unpaired) electrons. The van der Waals surface area contributed by atoms with Gasteiger partial charge in [-0.05, 0) is 51.1 Å². The van der Waals surface area contributed by atoms with Crippen LogP contribution in [0, 0.1) is 5.92 Å². The Morgan fingerprint density at radius 2 is 1.94 bits per heavy atom. The van der Waals surface area contributed by atoms with Gasteiger partial charge < -0.3 is 14.5 Å². The molecule has 1 saturated heterocycles. The molecule has 9 heteroatoms. The molecule has 0 saturated carbocycles. The first kappa shape index (κ1) is 23.2. The van der Waals surface area contributed by atoms with Crippen molar-refractivity contribution in [2.75, 3.05) is 19.3 Å². The first-order valence-corrected chi connectivity index (χ1v) is 13.1. The number of allylic oxidation sites excluding steroid dienone is 2. The third-order valence-corrected chi connectivity index (χ3v) is 7.60. The third kappa shape index (κ3) is 4.30. The molecule has 1 aliphatic carbocycles. The van der Waals surface area contributed by atoms with Crippen LogP contribution in [0.3, 0.4) is 0 Å². The Hall–Kier alpha value is -1.96. The van der Waals surface area contributed by atoms with Crippen molar-refractivity contribution in [3.63, 3.8) is 0 Å². The topological polar surface area (TPSA) is 66.9 Å². The van der Waals surface area contributed by atoms with Crippen molar-refractivity contribution in [3.8, 4) is 5.75 Å². The summed E-state index contributed by atoms with van der Waals surface area (Å²) in [6.45, 7) is 6.66. The van der Waals surface area contributed by atoms with Gasteiger partial charge in [-0.1, -0.05) is 29.3 Å². The molecule has 0 spiro atoms. The molecule has 1 amide bonds. The Kier molecular flexibility index (Phi) is 6.11. The number of fused-ring (bicyclic) bond motifs is 3. The number of carbonyl (C=O) groups is 1. The molecule has 0 N–H and O–H groups in total. The molecule has 1 aromatic carbocycles. The molecule has 0 bridgehead atoms. The lowest BCUT2D eigenvalue weighted by Crippen LogP contribution is -2.54. The average Bonchev–Trinajstić information content (AvgIpc) is 3.05. The maximum atomic E-state index is 13.6. The van der Waals surface area contributed by atoms with Crippen molar-refractivity contribution in [1.29, 1.82) is 0 Å². The standard InChI is InChI=1S/C23H26Cl2N2O4S/c1-13(2)31-22-6-5-17(32(4,29)30)10-19(22)23(28)26-11-14(3)27-16(12-26)9-18-20(25)7-15(24)8-21(18)27/h5-10,13-14,18,21H,11-12H2,1-4H3/t14-,18?,21?/m1/s1. The molecule has 32 heavy (non-hydrogen) atoms. The van der Waals surface area contributed by atoms with Crippen LogP contribution in [0.2, 0.25) is 0 Å². The minimum atomic E-state index is -3.47. The maximum absolute atomic E-state index is 13.6. The van der Waals surface area contributed by atoms with E-state index in [9.17, 15) is 13.2 Å². The van der Waals surface area contributed by atoms with Crippen LogP contribution in [0.4, 0.5) is 0 Å². The zero-order chi connectivity index (χ0) is 23.4. The largest absolute Gasteiger partial charge is 0.490 e. The maximum Gasteiger partial charge on any atom is 0.258 e. The zero-order valence-corrected chi connectivity index (χ0v) is 20.7. The van der Waals surface area contributed by atoms with Crippen molar-refractivity contribution >= 4 is 38.9 Å². The van der Waals surface area contributed by atoms with E-state index in [2.05, 4.69) is 17.9 Å². The summed E-state index contributed by atoms with van der Waals surface area (Å²) in [5, 5.41) is 1.30. The van der Waals surface area contributed by atoms with Gasteiger partial charge in [-0.3, -0.25) is 4.79 Å². The Labute approximate surface area is 199 Å². The molecule has 1 fully saturated rings. The summed E-state index contributed by atoms with van der Waals surface area (Å²) >= 11 is 12.7. The monoisotopic (exact) mass is 496 g/mol. The third-order valence-electron chi connectivity index (χ3n) is 5.89. The fourth-order valence-corrected chi connectivity index (χ4v) is 5.85. The lowest BCUT2D eigenvalue weighted by molar-refractivity contribution is 0.0601. The van der Waals surface area contributed by atoms with Gasteiger partial charge in [-0.2, -0.15) is 0 Å². The molecule has 0 aromatic heterocycles. The van der Waals surface area contributed by atoms with Gasteiger partial charge in [0.05, 0.1) is 29.1 Å². The summed E-state index contributed by atoms with van der Waals surface area (Å²) in [4.78, 5) is 17.7. The second kappa shape index (κ2) is 8.43. The Balaban J connectivity index is 1.67. The number of hydrogen-bond acceptors (Lipinski definition) is 5. The first-order chi connectivity index (χ1) is 15.0. The van der Waals surface area contributed by atoms with Crippen molar-refractivity contribution < 1.29 is 17.9 Å². The van der Waals surface area contributed by atoms with Crippen molar-refractivity contribution in [3.05, 3.63) is 57.8 Å². The van der Waals surface area contributed by atoms with E-state index in [1.807, 2.05) is 19.9 Å². The fourth-order valence-electron chi connectivity index (χ4n) is 4.59. The lowest BCUT2D eigenvalue weighted by atomic mass is 9.96. The average molecular weight is 497 g/mol. The predicted octanol–water partition coefficient (Wildman–Crippen LogP) is 4.16. The molecule has 2 unspecified atom stereocenters. The minimum absolute atomic E-state index is 0.0140. The van der Waals surface area contributed by atoms with Crippen LogP contribution < -0.4 is 4.74 Å². The van der Waals surface area contributed by atoms with E-state index in [0.717, 1.165) is 12.0 Å². The van der Waals surface area contributed by atoms with Gasteiger partial charge in [0.15, 0.2) is 9.84 Å². The van der Waals surface area contributed by atoms with Gasteiger partial charge in [0.2, 0.25) is 0 Å². The van der Waals surface area contributed by atoms with Gasteiger partial charge in [0, 0.05) is 40.5 Å². The van der Waals surface area contributed by atoms with Crippen LogP contribution in [-0.2, 0) is 9.84 Å². The van der Waals surface area contributed by atoms with Crippen molar-refractivity contribution in [2.24, 2.45) is 5.92 Å². The highest BCUT2D eigenvalue weighted by Gasteiger charge is 2.43. The molecular weight excluding hydrogens is 471 g/mol. The summed E-state index contributed by atoms with van der Waals surface area (Å²) in [5.41, 5.74) is 1.26. The predicted molar refractivity (Wildman–Crippen MR) is 126 cm³/mol. The smallest absolute Gasteiger partial charge is 0.258 e.